The van der Waals surface area contributed by atoms with Gasteiger partial charge in [-0.25, -0.2) is 0 Å². The summed E-state index contributed by atoms with van der Waals surface area (Å²) < 4.78 is 6.72. The van der Waals surface area contributed by atoms with Crippen LogP contribution in [0.3, 0.4) is 0 Å². The minimum Gasteiger partial charge on any atom is -0.483 e. The van der Waals surface area contributed by atoms with Crippen molar-refractivity contribution in [3.63, 3.8) is 0 Å². The molecule has 0 aliphatic rings. The maximum atomic E-state index is 12.1. The van der Waals surface area contributed by atoms with E-state index in [0.717, 1.165) is 15.0 Å². The molecule has 0 bridgehead atoms. The Bertz CT molecular complexity index is 723. The number of aromatic nitrogens is 2. The van der Waals surface area contributed by atoms with Gasteiger partial charge in [0.1, 0.15) is 10.8 Å². The molecule has 0 atom stereocenters. The molecule has 0 aliphatic carbocycles. The zero-order valence-corrected chi connectivity index (χ0v) is 16.9. The third-order valence-corrected chi connectivity index (χ3v) is 4.92. The quantitative estimate of drug-likeness (QED) is 0.771. The van der Waals surface area contributed by atoms with Crippen LogP contribution in [-0.2, 0) is 10.2 Å². The van der Waals surface area contributed by atoms with Gasteiger partial charge >= 0.3 is 0 Å². The molecule has 0 radical (unpaired) electrons. The Morgan fingerprint density at radius 1 is 1.33 bits per heavy atom. The van der Waals surface area contributed by atoms with Gasteiger partial charge in [0, 0.05) is 16.0 Å². The zero-order chi connectivity index (χ0) is 17.9. The summed E-state index contributed by atoms with van der Waals surface area (Å²) in [6.07, 6.45) is 0. The van der Waals surface area contributed by atoms with E-state index in [4.69, 9.17) is 4.74 Å². The van der Waals surface area contributed by atoms with Crippen molar-refractivity contribution in [2.75, 3.05) is 11.9 Å². The van der Waals surface area contributed by atoms with E-state index in [0.29, 0.717) is 16.8 Å². The number of carbonyl (C=O) groups is 1. The molecule has 1 heterocycles. The van der Waals surface area contributed by atoms with Crippen molar-refractivity contribution in [1.82, 2.24) is 10.2 Å². The van der Waals surface area contributed by atoms with Gasteiger partial charge in [-0.3, -0.25) is 10.1 Å². The third kappa shape index (κ3) is 5.01. The summed E-state index contributed by atoms with van der Waals surface area (Å²) >= 11 is 4.86. The van der Waals surface area contributed by atoms with Crippen LogP contribution in [0.1, 0.15) is 51.1 Å². The predicted octanol–water partition coefficient (Wildman–Crippen LogP) is 4.74. The lowest BCUT2D eigenvalue weighted by molar-refractivity contribution is -0.118. The van der Waals surface area contributed by atoms with Gasteiger partial charge in [0.15, 0.2) is 6.61 Å². The second-order valence-electron chi connectivity index (χ2n) is 6.83. The normalized spacial score (nSPS) is 11.6. The van der Waals surface area contributed by atoms with E-state index < -0.39 is 0 Å². The molecular weight excluding hydrogens is 390 g/mol. The minimum absolute atomic E-state index is 0.0682. The SMILES string of the molecule is CC(C)c1nnc(NC(=O)COc2ccc(Br)cc2C(C)(C)C)s1. The number of benzene rings is 1. The first kappa shape index (κ1) is 18.9. The first-order valence-electron chi connectivity index (χ1n) is 7.73. The van der Waals surface area contributed by atoms with E-state index in [1.165, 1.54) is 11.3 Å². The van der Waals surface area contributed by atoms with E-state index in [-0.39, 0.29) is 17.9 Å². The number of carbonyl (C=O) groups excluding carboxylic acids is 1. The van der Waals surface area contributed by atoms with Gasteiger partial charge in [-0.1, -0.05) is 61.9 Å². The lowest BCUT2D eigenvalue weighted by Crippen LogP contribution is -2.22. The van der Waals surface area contributed by atoms with Gasteiger partial charge in [0.25, 0.3) is 5.91 Å². The molecule has 7 heteroatoms. The lowest BCUT2D eigenvalue weighted by Gasteiger charge is -2.23. The van der Waals surface area contributed by atoms with Crippen molar-refractivity contribution in [2.24, 2.45) is 0 Å². The van der Waals surface area contributed by atoms with Crippen molar-refractivity contribution in [1.29, 1.82) is 0 Å². The molecule has 24 heavy (non-hydrogen) atoms. The van der Waals surface area contributed by atoms with Crippen LogP contribution in [-0.4, -0.2) is 22.7 Å². The predicted molar refractivity (Wildman–Crippen MR) is 101 cm³/mol. The van der Waals surface area contributed by atoms with Gasteiger partial charge in [-0.15, -0.1) is 10.2 Å². The van der Waals surface area contributed by atoms with E-state index in [1.807, 2.05) is 32.0 Å². The topological polar surface area (TPSA) is 64.1 Å². The Morgan fingerprint density at radius 2 is 2.04 bits per heavy atom. The smallest absolute Gasteiger partial charge is 0.264 e. The highest BCUT2D eigenvalue weighted by molar-refractivity contribution is 9.10. The number of hydrogen-bond donors (Lipinski definition) is 1. The van der Waals surface area contributed by atoms with Gasteiger partial charge in [-0.2, -0.15) is 0 Å². The van der Waals surface area contributed by atoms with Crippen LogP contribution < -0.4 is 10.1 Å². The molecule has 2 rings (SSSR count). The zero-order valence-electron chi connectivity index (χ0n) is 14.5. The molecular formula is C17H22BrN3O2S. The van der Waals surface area contributed by atoms with Gasteiger partial charge in [0.2, 0.25) is 5.13 Å². The maximum Gasteiger partial charge on any atom is 0.264 e. The summed E-state index contributed by atoms with van der Waals surface area (Å²) in [5, 5.41) is 12.2. The molecule has 5 nitrogen and oxygen atoms in total. The number of hydrogen-bond acceptors (Lipinski definition) is 5. The average molecular weight is 412 g/mol. The van der Waals surface area contributed by atoms with E-state index in [2.05, 4.69) is 52.2 Å². The number of ether oxygens (including phenoxy) is 1. The van der Waals surface area contributed by atoms with Gasteiger partial charge < -0.3 is 4.74 Å². The summed E-state index contributed by atoms with van der Waals surface area (Å²) in [6, 6.07) is 5.80. The van der Waals surface area contributed by atoms with Crippen molar-refractivity contribution < 1.29 is 9.53 Å². The minimum atomic E-state index is -0.246. The van der Waals surface area contributed by atoms with Crippen LogP contribution in [0.2, 0.25) is 0 Å². The highest BCUT2D eigenvalue weighted by atomic mass is 79.9. The maximum absolute atomic E-state index is 12.1. The van der Waals surface area contributed by atoms with Crippen LogP contribution in [0.15, 0.2) is 22.7 Å². The Hall–Kier alpha value is -1.47. The Labute approximate surface area is 155 Å². The molecule has 1 aromatic heterocycles. The highest BCUT2D eigenvalue weighted by Crippen LogP contribution is 2.33. The number of rotatable bonds is 5. The fourth-order valence-corrected chi connectivity index (χ4v) is 3.15. The van der Waals surface area contributed by atoms with Crippen LogP contribution in [0.5, 0.6) is 5.75 Å². The molecule has 0 saturated heterocycles. The molecule has 130 valence electrons. The summed E-state index contributed by atoms with van der Waals surface area (Å²) in [5.74, 6) is 0.756. The van der Waals surface area contributed by atoms with Crippen molar-refractivity contribution >= 4 is 38.3 Å². The number of nitrogens with zero attached hydrogens (tertiary/aromatic N) is 2. The number of anilines is 1. The molecule has 0 aliphatic heterocycles. The van der Waals surface area contributed by atoms with E-state index >= 15 is 0 Å². The van der Waals surface area contributed by atoms with E-state index in [9.17, 15) is 4.79 Å². The van der Waals surface area contributed by atoms with Crippen LogP contribution >= 0.6 is 27.3 Å². The first-order valence-corrected chi connectivity index (χ1v) is 9.34. The molecule has 0 spiro atoms. The molecule has 1 aromatic carbocycles. The molecule has 1 N–H and O–H groups in total. The fraction of sp³-hybridized carbons (Fsp3) is 0.471. The number of halogens is 1. The van der Waals surface area contributed by atoms with Crippen molar-refractivity contribution in [3.05, 3.63) is 33.2 Å². The largest absolute Gasteiger partial charge is 0.483 e. The van der Waals surface area contributed by atoms with Gasteiger partial charge in [-0.05, 0) is 23.6 Å². The Kier molecular flexibility index (Phi) is 5.98. The number of amides is 1. The third-order valence-electron chi connectivity index (χ3n) is 3.29. The van der Waals surface area contributed by atoms with Crippen LogP contribution in [0, 0.1) is 0 Å². The molecule has 2 aromatic rings. The molecule has 0 fully saturated rings. The van der Waals surface area contributed by atoms with E-state index in [1.54, 1.807) is 0 Å². The Morgan fingerprint density at radius 3 is 2.62 bits per heavy atom. The van der Waals surface area contributed by atoms with Crippen molar-refractivity contribution in [3.8, 4) is 5.75 Å². The Balaban J connectivity index is 2.01. The summed E-state index contributed by atoms with van der Waals surface area (Å²) in [5.41, 5.74) is 0.962. The van der Waals surface area contributed by atoms with Crippen LogP contribution in [0.25, 0.3) is 0 Å². The van der Waals surface area contributed by atoms with Gasteiger partial charge in [0.05, 0.1) is 0 Å². The second kappa shape index (κ2) is 7.61. The number of nitrogens with one attached hydrogen (secondary N) is 1. The monoisotopic (exact) mass is 411 g/mol. The molecule has 0 unspecified atom stereocenters. The van der Waals surface area contributed by atoms with Crippen molar-refractivity contribution in [2.45, 2.75) is 46.0 Å². The second-order valence-corrected chi connectivity index (χ2v) is 8.75. The summed E-state index contributed by atoms with van der Waals surface area (Å²) in [7, 11) is 0. The first-order chi connectivity index (χ1) is 11.2. The standard InChI is InChI=1S/C17H22BrN3O2S/c1-10(2)15-20-21-16(24-15)19-14(22)9-23-13-7-6-11(18)8-12(13)17(3,4)5/h6-8,10H,9H2,1-5H3,(H,19,21,22). The lowest BCUT2D eigenvalue weighted by atomic mass is 9.86. The molecule has 0 saturated carbocycles. The van der Waals surface area contributed by atoms with Crippen LogP contribution in [0.4, 0.5) is 5.13 Å². The summed E-state index contributed by atoms with van der Waals surface area (Å²) in [4.78, 5) is 12.1. The summed E-state index contributed by atoms with van der Waals surface area (Å²) in [6.45, 7) is 10.3. The average Bonchev–Trinajstić information content (AvgIpc) is 2.93. The highest BCUT2D eigenvalue weighted by Gasteiger charge is 2.20. The fourth-order valence-electron chi connectivity index (χ4n) is 2.03. The molecule has 1 amide bonds.